The van der Waals surface area contributed by atoms with Crippen molar-refractivity contribution in [1.82, 2.24) is 9.55 Å². The molecule has 1 N–H and O–H groups in total. The van der Waals surface area contributed by atoms with Gasteiger partial charge in [-0.25, -0.2) is 4.98 Å². The largest absolute Gasteiger partial charge is 0.418 e. The van der Waals surface area contributed by atoms with E-state index in [0.717, 1.165) is 25.3 Å². The van der Waals surface area contributed by atoms with Crippen LogP contribution in [0.2, 0.25) is 0 Å². The van der Waals surface area contributed by atoms with E-state index in [9.17, 15) is 28.3 Å². The Morgan fingerprint density at radius 2 is 1.91 bits per heavy atom. The number of imidazole rings is 1. The molecule has 2 aromatic carbocycles. The number of nitriles is 1. The van der Waals surface area contributed by atoms with Crippen molar-refractivity contribution in [3.05, 3.63) is 65.0 Å². The van der Waals surface area contributed by atoms with Gasteiger partial charge < -0.3 is 9.67 Å². The van der Waals surface area contributed by atoms with E-state index in [2.05, 4.69) is 4.98 Å². The second-order valence-electron chi connectivity index (χ2n) is 9.55. The minimum Gasteiger partial charge on any atom is -0.385 e. The standard InChI is InChI=1S/C27H28F3N3O2/c1-26(35,19-8-3-2-4-9-19)16-21(34)12-5-6-13-24-32-25-22(27(28,29)30)14-18(17-31)15-23(25)33(24)20-10-7-11-20/h2-4,8-9,14-15,20,35H,5-7,10-13,16H2,1H3/t26-/m0/s1. The number of fused-ring (bicyclic) bond motifs is 1. The molecule has 1 heterocycles. The molecule has 0 spiro atoms. The normalized spacial score (nSPS) is 16.0. The number of aryl methyl sites for hydroxylation is 1. The lowest BCUT2D eigenvalue weighted by Gasteiger charge is -2.29. The number of benzene rings is 2. The van der Waals surface area contributed by atoms with Gasteiger partial charge in [0.15, 0.2) is 0 Å². The first kappa shape index (κ1) is 24.9. The first-order valence-electron chi connectivity index (χ1n) is 11.9. The van der Waals surface area contributed by atoms with Crippen LogP contribution in [0, 0.1) is 11.3 Å². The van der Waals surface area contributed by atoms with Crippen LogP contribution in [0.3, 0.4) is 0 Å². The summed E-state index contributed by atoms with van der Waals surface area (Å²) in [6.07, 6.45) is -0.0234. The Labute approximate surface area is 202 Å². The number of nitrogens with zero attached hydrogens (tertiary/aromatic N) is 3. The van der Waals surface area contributed by atoms with Crippen LogP contribution in [-0.4, -0.2) is 20.4 Å². The minimum absolute atomic E-state index is 0.00345. The fourth-order valence-corrected chi connectivity index (χ4v) is 4.73. The van der Waals surface area contributed by atoms with Crippen LogP contribution in [0.5, 0.6) is 0 Å². The van der Waals surface area contributed by atoms with Gasteiger partial charge in [0.05, 0.1) is 28.3 Å². The van der Waals surface area contributed by atoms with Gasteiger partial charge in [0.1, 0.15) is 17.1 Å². The van der Waals surface area contributed by atoms with Crippen LogP contribution in [0.4, 0.5) is 13.2 Å². The highest BCUT2D eigenvalue weighted by Crippen LogP contribution is 2.40. The Morgan fingerprint density at radius 1 is 1.20 bits per heavy atom. The number of rotatable bonds is 9. The molecular weight excluding hydrogens is 455 g/mol. The number of Topliss-reactive ketones (excluding diaryl/α,β-unsaturated/α-hetero) is 1. The van der Waals surface area contributed by atoms with Crippen LogP contribution in [0.25, 0.3) is 11.0 Å². The third-order valence-corrected chi connectivity index (χ3v) is 6.79. The molecule has 1 saturated carbocycles. The molecule has 184 valence electrons. The molecule has 1 fully saturated rings. The van der Waals surface area contributed by atoms with Gasteiger partial charge in [-0.3, -0.25) is 4.79 Å². The maximum Gasteiger partial charge on any atom is 0.418 e. The van der Waals surface area contributed by atoms with Crippen molar-refractivity contribution in [3.63, 3.8) is 0 Å². The number of ketones is 1. The van der Waals surface area contributed by atoms with Crippen LogP contribution in [-0.2, 0) is 23.0 Å². The molecular formula is C27H28F3N3O2. The summed E-state index contributed by atoms with van der Waals surface area (Å²) in [6.45, 7) is 1.62. The summed E-state index contributed by atoms with van der Waals surface area (Å²) < 4.78 is 43.0. The lowest BCUT2D eigenvalue weighted by molar-refractivity contribution is -0.136. The van der Waals surface area contributed by atoms with Crippen molar-refractivity contribution < 1.29 is 23.1 Å². The minimum atomic E-state index is -4.61. The SMILES string of the molecule is C[C@](O)(CC(=O)CCCCc1nc2c(C(F)(F)F)cc(C#N)cc2n1C1CCC1)c1ccccc1. The number of alkyl halides is 3. The lowest BCUT2D eigenvalue weighted by Crippen LogP contribution is -2.25. The summed E-state index contributed by atoms with van der Waals surface area (Å²) in [6, 6.07) is 13.3. The fourth-order valence-electron chi connectivity index (χ4n) is 4.73. The van der Waals surface area contributed by atoms with E-state index >= 15 is 0 Å². The molecule has 5 nitrogen and oxygen atoms in total. The Morgan fingerprint density at radius 3 is 2.51 bits per heavy atom. The molecule has 1 aliphatic rings. The molecule has 1 atom stereocenters. The summed E-state index contributed by atoms with van der Waals surface area (Å²) in [5.41, 5.74) is -1.25. The lowest BCUT2D eigenvalue weighted by atomic mass is 9.89. The molecule has 0 saturated heterocycles. The van der Waals surface area contributed by atoms with Crippen molar-refractivity contribution in [3.8, 4) is 6.07 Å². The molecule has 35 heavy (non-hydrogen) atoms. The van der Waals surface area contributed by atoms with Crippen molar-refractivity contribution in [1.29, 1.82) is 5.26 Å². The van der Waals surface area contributed by atoms with Gasteiger partial charge in [-0.05, 0) is 56.7 Å². The third-order valence-electron chi connectivity index (χ3n) is 6.79. The highest BCUT2D eigenvalue weighted by molar-refractivity contribution is 5.82. The number of carbonyl (C=O) groups is 1. The summed E-state index contributed by atoms with van der Waals surface area (Å²) in [4.78, 5) is 16.9. The van der Waals surface area contributed by atoms with Gasteiger partial charge >= 0.3 is 6.18 Å². The van der Waals surface area contributed by atoms with Gasteiger partial charge in [0.25, 0.3) is 0 Å². The summed E-state index contributed by atoms with van der Waals surface area (Å²) >= 11 is 0. The van der Waals surface area contributed by atoms with E-state index in [-0.39, 0.29) is 35.7 Å². The van der Waals surface area contributed by atoms with Gasteiger partial charge in [-0.2, -0.15) is 18.4 Å². The second kappa shape index (κ2) is 9.82. The Hall–Kier alpha value is -3.18. The predicted octanol–water partition coefficient (Wildman–Crippen LogP) is 6.23. The van der Waals surface area contributed by atoms with Crippen molar-refractivity contribution in [2.75, 3.05) is 0 Å². The smallest absolute Gasteiger partial charge is 0.385 e. The van der Waals surface area contributed by atoms with E-state index in [1.54, 1.807) is 19.1 Å². The Bertz CT molecular complexity index is 1250. The van der Waals surface area contributed by atoms with E-state index in [0.29, 0.717) is 36.2 Å². The molecule has 1 aromatic heterocycles. The Balaban J connectivity index is 1.47. The van der Waals surface area contributed by atoms with Crippen molar-refractivity contribution in [2.45, 2.75) is 76.1 Å². The fraction of sp³-hybridized carbons (Fsp3) is 0.444. The quantitative estimate of drug-likeness (QED) is 0.366. The zero-order valence-corrected chi connectivity index (χ0v) is 19.6. The zero-order chi connectivity index (χ0) is 25.2. The molecule has 0 unspecified atom stereocenters. The highest BCUT2D eigenvalue weighted by Gasteiger charge is 2.36. The topological polar surface area (TPSA) is 78.9 Å². The summed E-state index contributed by atoms with van der Waals surface area (Å²) in [7, 11) is 0. The van der Waals surface area contributed by atoms with E-state index in [1.807, 2.05) is 28.8 Å². The number of halogens is 3. The first-order valence-corrected chi connectivity index (χ1v) is 11.9. The molecule has 0 aliphatic heterocycles. The van der Waals surface area contributed by atoms with E-state index in [4.69, 9.17) is 0 Å². The molecule has 0 amide bonds. The maximum atomic E-state index is 13.7. The number of aromatic nitrogens is 2. The van der Waals surface area contributed by atoms with Gasteiger partial charge in [-0.1, -0.05) is 30.3 Å². The molecule has 1 aliphatic carbocycles. The average molecular weight is 484 g/mol. The van der Waals surface area contributed by atoms with Crippen LogP contribution in [0.15, 0.2) is 42.5 Å². The number of aliphatic hydroxyl groups is 1. The summed E-state index contributed by atoms with van der Waals surface area (Å²) in [5, 5.41) is 20.0. The monoisotopic (exact) mass is 483 g/mol. The summed E-state index contributed by atoms with van der Waals surface area (Å²) in [5.74, 6) is 0.499. The van der Waals surface area contributed by atoms with E-state index < -0.39 is 17.3 Å². The van der Waals surface area contributed by atoms with Crippen LogP contribution in [0.1, 0.15) is 80.4 Å². The van der Waals surface area contributed by atoms with Gasteiger partial charge in [0.2, 0.25) is 0 Å². The molecule has 3 aromatic rings. The maximum absolute atomic E-state index is 13.7. The number of hydrogen-bond donors (Lipinski definition) is 1. The molecule has 4 rings (SSSR count). The average Bonchev–Trinajstić information content (AvgIpc) is 3.12. The van der Waals surface area contributed by atoms with Crippen LogP contribution >= 0.6 is 0 Å². The molecule has 8 heteroatoms. The first-order chi connectivity index (χ1) is 16.6. The highest BCUT2D eigenvalue weighted by atomic mass is 19.4. The Kier molecular flexibility index (Phi) is 7.00. The van der Waals surface area contributed by atoms with Crippen molar-refractivity contribution >= 4 is 16.8 Å². The zero-order valence-electron chi connectivity index (χ0n) is 19.6. The van der Waals surface area contributed by atoms with E-state index in [1.165, 1.54) is 6.07 Å². The number of unbranched alkanes of at least 4 members (excludes halogenated alkanes) is 1. The van der Waals surface area contributed by atoms with Crippen molar-refractivity contribution in [2.24, 2.45) is 0 Å². The third kappa shape index (κ3) is 5.40. The molecule has 0 bridgehead atoms. The van der Waals surface area contributed by atoms with Gasteiger partial charge in [-0.15, -0.1) is 0 Å². The predicted molar refractivity (Wildman–Crippen MR) is 126 cm³/mol. The van der Waals surface area contributed by atoms with Crippen LogP contribution < -0.4 is 0 Å². The second-order valence-corrected chi connectivity index (χ2v) is 9.55. The number of hydrogen-bond acceptors (Lipinski definition) is 4. The van der Waals surface area contributed by atoms with Gasteiger partial charge in [0, 0.05) is 25.3 Å². The number of carbonyl (C=O) groups excluding carboxylic acids is 1. The molecule has 0 radical (unpaired) electrons.